The lowest BCUT2D eigenvalue weighted by molar-refractivity contribution is 0.0273. The minimum Gasteiger partial charge on any atom is -0.381 e. The number of morpholine rings is 1. The molecule has 228 valence electrons. The molecule has 6 rings (SSSR count). The van der Waals surface area contributed by atoms with Crippen molar-refractivity contribution in [1.29, 1.82) is 0 Å². The van der Waals surface area contributed by atoms with Crippen LogP contribution >= 0.6 is 0 Å². The molecule has 4 heterocycles. The van der Waals surface area contributed by atoms with E-state index < -0.39 is 0 Å². The standard InChI is InChI=1S/C35H44N4O4/c1-5-39(28-10-12-42-13-11-28)33-16-27(26-8-6-25(7-9-26)19-38-20-30-17-29(38)21-43-30)15-31(24(33)4)34(40)36-18-32-22(2)14-23(3)37-35(32)41/h6-9,14-16,28-30H,5,10-13,17-21H2,1-4H3,(H,36,40)(H,37,41)/t29?,30-/m1/s1. The minimum absolute atomic E-state index is 0.157. The van der Waals surface area contributed by atoms with Crippen LogP contribution < -0.4 is 15.8 Å². The van der Waals surface area contributed by atoms with Crippen molar-refractivity contribution in [3.63, 3.8) is 0 Å². The number of H-pyrrole nitrogens is 1. The first kappa shape index (κ1) is 29.6. The number of amides is 1. The van der Waals surface area contributed by atoms with E-state index in [0.717, 1.165) is 92.4 Å². The Labute approximate surface area is 254 Å². The fourth-order valence-electron chi connectivity index (χ4n) is 7.10. The van der Waals surface area contributed by atoms with Gasteiger partial charge < -0.3 is 24.7 Å². The summed E-state index contributed by atoms with van der Waals surface area (Å²) in [6, 6.07) is 15.9. The normalized spacial score (nSPS) is 20.5. The second-order valence-electron chi connectivity index (χ2n) is 12.4. The molecule has 8 nitrogen and oxygen atoms in total. The molecule has 2 bridgehead atoms. The summed E-state index contributed by atoms with van der Waals surface area (Å²) in [5.41, 5.74) is 8.17. The molecule has 3 aliphatic rings. The summed E-state index contributed by atoms with van der Waals surface area (Å²) >= 11 is 0. The largest absolute Gasteiger partial charge is 0.381 e. The zero-order valence-corrected chi connectivity index (χ0v) is 25.9. The lowest BCUT2D eigenvalue weighted by Gasteiger charge is -2.37. The summed E-state index contributed by atoms with van der Waals surface area (Å²) in [4.78, 5) is 34.2. The highest BCUT2D eigenvalue weighted by Crippen LogP contribution is 2.35. The molecule has 8 heteroatoms. The fraction of sp³-hybridized carbons (Fsp3) is 0.486. The zero-order valence-electron chi connectivity index (χ0n) is 25.9. The Bertz CT molecular complexity index is 1530. The molecule has 3 aliphatic heterocycles. The van der Waals surface area contributed by atoms with E-state index in [9.17, 15) is 9.59 Å². The van der Waals surface area contributed by atoms with E-state index in [2.05, 4.69) is 57.4 Å². The number of ether oxygens (including phenoxy) is 2. The van der Waals surface area contributed by atoms with Gasteiger partial charge in [0.2, 0.25) is 0 Å². The number of nitrogens with one attached hydrogen (secondary N) is 2. The predicted molar refractivity (Wildman–Crippen MR) is 170 cm³/mol. The highest BCUT2D eigenvalue weighted by atomic mass is 16.5. The highest BCUT2D eigenvalue weighted by molar-refractivity contribution is 5.99. The summed E-state index contributed by atoms with van der Waals surface area (Å²) in [6.07, 6.45) is 3.47. The first-order valence-corrected chi connectivity index (χ1v) is 15.7. The van der Waals surface area contributed by atoms with E-state index in [-0.39, 0.29) is 18.0 Å². The van der Waals surface area contributed by atoms with Crippen LogP contribution in [0.2, 0.25) is 0 Å². The Morgan fingerprint density at radius 2 is 1.84 bits per heavy atom. The van der Waals surface area contributed by atoms with Crippen LogP contribution in [-0.4, -0.2) is 66.9 Å². The number of anilines is 1. The molecule has 0 radical (unpaired) electrons. The topological polar surface area (TPSA) is 86.9 Å². The molecule has 2 aromatic carbocycles. The van der Waals surface area contributed by atoms with Crippen LogP contribution in [0.3, 0.4) is 0 Å². The van der Waals surface area contributed by atoms with E-state index >= 15 is 0 Å². The van der Waals surface area contributed by atoms with E-state index in [4.69, 9.17) is 9.47 Å². The Balaban J connectivity index is 1.30. The smallest absolute Gasteiger partial charge is 0.253 e. The van der Waals surface area contributed by atoms with Gasteiger partial charge in [0.1, 0.15) is 0 Å². The third kappa shape index (κ3) is 6.28. The van der Waals surface area contributed by atoms with Gasteiger partial charge in [-0.3, -0.25) is 14.5 Å². The summed E-state index contributed by atoms with van der Waals surface area (Å²) in [5, 5.41) is 3.05. The third-order valence-corrected chi connectivity index (χ3v) is 9.51. The van der Waals surface area contributed by atoms with Crippen LogP contribution in [0.1, 0.15) is 64.5 Å². The third-order valence-electron chi connectivity index (χ3n) is 9.51. The fourth-order valence-corrected chi connectivity index (χ4v) is 7.10. The molecular formula is C35H44N4O4. The Morgan fingerprint density at radius 1 is 1.07 bits per heavy atom. The molecular weight excluding hydrogens is 540 g/mol. The predicted octanol–water partition coefficient (Wildman–Crippen LogP) is 4.88. The number of rotatable bonds is 9. The van der Waals surface area contributed by atoms with Crippen molar-refractivity contribution in [1.82, 2.24) is 15.2 Å². The Hall–Kier alpha value is -3.46. The van der Waals surface area contributed by atoms with Crippen molar-refractivity contribution in [3.8, 4) is 11.1 Å². The molecule has 1 aromatic heterocycles. The van der Waals surface area contributed by atoms with E-state index in [1.807, 2.05) is 32.9 Å². The number of likely N-dealkylation sites (tertiary alicyclic amines) is 1. The van der Waals surface area contributed by atoms with Gasteiger partial charge in [-0.1, -0.05) is 24.3 Å². The summed E-state index contributed by atoms with van der Waals surface area (Å²) < 4.78 is 11.4. The second-order valence-corrected chi connectivity index (χ2v) is 12.4. The number of hydrogen-bond donors (Lipinski definition) is 2. The number of fused-ring (bicyclic) bond motifs is 2. The van der Waals surface area contributed by atoms with Gasteiger partial charge in [-0.05, 0) is 93.0 Å². The molecule has 0 saturated carbocycles. The van der Waals surface area contributed by atoms with Gasteiger partial charge in [0.25, 0.3) is 11.5 Å². The minimum atomic E-state index is -0.175. The maximum atomic E-state index is 13.8. The van der Waals surface area contributed by atoms with Crippen LogP contribution in [0.25, 0.3) is 11.1 Å². The number of pyridine rings is 1. The van der Waals surface area contributed by atoms with Gasteiger partial charge in [-0.2, -0.15) is 0 Å². The van der Waals surface area contributed by atoms with E-state index in [1.54, 1.807) is 0 Å². The Morgan fingerprint density at radius 3 is 2.49 bits per heavy atom. The van der Waals surface area contributed by atoms with Crippen LogP contribution in [0.15, 0.2) is 47.3 Å². The van der Waals surface area contributed by atoms with Crippen LogP contribution in [0.5, 0.6) is 0 Å². The van der Waals surface area contributed by atoms with E-state index in [0.29, 0.717) is 29.3 Å². The number of carbonyl (C=O) groups excluding carboxylic acids is 1. The molecule has 3 saturated heterocycles. The van der Waals surface area contributed by atoms with Crippen molar-refractivity contribution in [2.75, 3.05) is 37.8 Å². The van der Waals surface area contributed by atoms with Crippen LogP contribution in [0.4, 0.5) is 5.69 Å². The molecule has 2 atom stereocenters. The number of carbonyl (C=O) groups is 1. The van der Waals surface area contributed by atoms with Crippen molar-refractivity contribution in [2.24, 2.45) is 0 Å². The Kier molecular flexibility index (Phi) is 8.71. The SMILES string of the molecule is CCN(c1cc(-c2ccc(CN3C[C@H]4CC3CO4)cc2)cc(C(=O)NCc2c(C)cc(C)[nH]c2=O)c1C)C1CCOCC1. The monoisotopic (exact) mass is 584 g/mol. The number of aryl methyl sites for hydroxylation is 2. The average molecular weight is 585 g/mol. The molecule has 0 aliphatic carbocycles. The first-order chi connectivity index (χ1) is 20.8. The van der Waals surface area contributed by atoms with Crippen molar-refractivity contribution < 1.29 is 14.3 Å². The van der Waals surface area contributed by atoms with Crippen molar-refractivity contribution >= 4 is 11.6 Å². The zero-order chi connectivity index (χ0) is 30.1. The number of benzene rings is 2. The molecule has 0 spiro atoms. The molecule has 3 aromatic rings. The number of nitrogens with zero attached hydrogens (tertiary/aromatic N) is 2. The summed E-state index contributed by atoms with van der Waals surface area (Å²) in [7, 11) is 0. The van der Waals surface area contributed by atoms with Gasteiger partial charge >= 0.3 is 0 Å². The van der Waals surface area contributed by atoms with Crippen LogP contribution in [0, 0.1) is 20.8 Å². The molecule has 3 fully saturated rings. The maximum Gasteiger partial charge on any atom is 0.253 e. The lowest BCUT2D eigenvalue weighted by Crippen LogP contribution is -2.40. The van der Waals surface area contributed by atoms with Crippen molar-refractivity contribution in [2.45, 2.75) is 78.2 Å². The molecule has 43 heavy (non-hydrogen) atoms. The number of aromatic nitrogens is 1. The van der Waals surface area contributed by atoms with Gasteiger partial charge in [0.15, 0.2) is 0 Å². The number of hydrogen-bond acceptors (Lipinski definition) is 6. The average Bonchev–Trinajstić information content (AvgIpc) is 3.62. The van der Waals surface area contributed by atoms with Crippen molar-refractivity contribution in [3.05, 3.63) is 86.3 Å². The summed E-state index contributed by atoms with van der Waals surface area (Å²) in [6.45, 7) is 13.3. The molecule has 1 amide bonds. The lowest BCUT2D eigenvalue weighted by atomic mass is 9.94. The maximum absolute atomic E-state index is 13.8. The van der Waals surface area contributed by atoms with E-state index in [1.165, 1.54) is 5.56 Å². The first-order valence-electron chi connectivity index (χ1n) is 15.7. The quantitative estimate of drug-likeness (QED) is 0.373. The molecule has 1 unspecified atom stereocenters. The van der Waals surface area contributed by atoms with Crippen LogP contribution in [-0.2, 0) is 22.6 Å². The number of aromatic amines is 1. The van der Waals surface area contributed by atoms with Gasteiger partial charge in [0, 0.05) is 74.0 Å². The van der Waals surface area contributed by atoms with Gasteiger partial charge in [-0.25, -0.2) is 0 Å². The van der Waals surface area contributed by atoms with Gasteiger partial charge in [-0.15, -0.1) is 0 Å². The van der Waals surface area contributed by atoms with Gasteiger partial charge in [0.05, 0.1) is 12.7 Å². The second kappa shape index (κ2) is 12.6. The summed E-state index contributed by atoms with van der Waals surface area (Å²) in [5.74, 6) is -0.175. The highest BCUT2D eigenvalue weighted by Gasteiger charge is 2.38. The molecule has 2 N–H and O–H groups in total.